The summed E-state index contributed by atoms with van der Waals surface area (Å²) in [5.41, 5.74) is -1.97. The highest BCUT2D eigenvalue weighted by atomic mass is 19.4. The molecule has 0 radical (unpaired) electrons. The van der Waals surface area contributed by atoms with Crippen LogP contribution in [0, 0.1) is 18.3 Å². The summed E-state index contributed by atoms with van der Waals surface area (Å²) in [6.07, 6.45) is 8.34. The molecule has 180 valence electrons. The second kappa shape index (κ2) is 8.45. The molecule has 35 heavy (non-hydrogen) atoms. The number of hydrogen-bond acceptors (Lipinski definition) is 6. The van der Waals surface area contributed by atoms with Crippen molar-refractivity contribution >= 4 is 5.91 Å². The molecular weight excluding hydrogens is 459 g/mol. The van der Waals surface area contributed by atoms with E-state index in [2.05, 4.69) is 31.0 Å². The second-order valence-electron chi connectivity index (χ2n) is 9.01. The zero-order valence-electron chi connectivity index (χ0n) is 18.9. The molecule has 3 aromatic rings. The summed E-state index contributed by atoms with van der Waals surface area (Å²) in [6.45, 7) is 2.11. The first-order valence-electron chi connectivity index (χ1n) is 11.3. The van der Waals surface area contributed by atoms with Crippen LogP contribution >= 0.6 is 0 Å². The number of hydrogen-bond donors (Lipinski definition) is 0. The highest BCUT2D eigenvalue weighted by Gasteiger charge is 2.46. The fourth-order valence-corrected chi connectivity index (χ4v) is 4.02. The molecule has 1 amide bonds. The van der Waals surface area contributed by atoms with Gasteiger partial charge in [-0.05, 0) is 56.7 Å². The maximum absolute atomic E-state index is 13.7. The largest absolute Gasteiger partial charge is 0.416 e. The van der Waals surface area contributed by atoms with Crippen LogP contribution in [0.4, 0.5) is 13.2 Å². The average Bonchev–Trinajstić information content (AvgIpc) is 3.79. The SMILES string of the molecule is C#CC1(c2cc(C(F)(F)F)cc(C(=O)N(CC3CC3)C(C)c3ncnn3-c3ncccn3)n2)CC1. The average molecular weight is 481 g/mol. The number of rotatable bonds is 7. The number of carbonyl (C=O) groups is 1. The van der Waals surface area contributed by atoms with Crippen molar-refractivity contribution in [1.29, 1.82) is 0 Å². The minimum atomic E-state index is -4.64. The number of pyridine rings is 1. The smallest absolute Gasteiger partial charge is 0.327 e. The van der Waals surface area contributed by atoms with Crippen molar-refractivity contribution in [2.45, 2.75) is 50.2 Å². The molecule has 2 aliphatic rings. The van der Waals surface area contributed by atoms with Crippen molar-refractivity contribution in [3.8, 4) is 18.3 Å². The van der Waals surface area contributed by atoms with Crippen molar-refractivity contribution in [3.63, 3.8) is 0 Å². The van der Waals surface area contributed by atoms with Gasteiger partial charge < -0.3 is 4.90 Å². The van der Waals surface area contributed by atoms with Gasteiger partial charge in [0.25, 0.3) is 11.9 Å². The lowest BCUT2D eigenvalue weighted by atomic mass is 10.00. The van der Waals surface area contributed by atoms with Gasteiger partial charge in [0.15, 0.2) is 5.82 Å². The number of carbonyl (C=O) groups excluding carboxylic acids is 1. The molecule has 1 atom stereocenters. The van der Waals surface area contributed by atoms with E-state index in [1.165, 1.54) is 15.9 Å². The molecule has 0 aliphatic heterocycles. The summed E-state index contributed by atoms with van der Waals surface area (Å²) in [7, 11) is 0. The molecule has 0 N–H and O–H groups in total. The maximum Gasteiger partial charge on any atom is 0.416 e. The van der Waals surface area contributed by atoms with Crippen molar-refractivity contribution in [2.24, 2.45) is 5.92 Å². The number of terminal acetylenes is 1. The first-order chi connectivity index (χ1) is 16.7. The first kappa shape index (κ1) is 23.0. The number of amides is 1. The Bertz CT molecular complexity index is 1290. The van der Waals surface area contributed by atoms with E-state index in [0.29, 0.717) is 25.2 Å². The number of aromatic nitrogens is 6. The van der Waals surface area contributed by atoms with Gasteiger partial charge in [0.05, 0.1) is 22.7 Å². The van der Waals surface area contributed by atoms with Crippen molar-refractivity contribution in [2.75, 3.05) is 6.54 Å². The van der Waals surface area contributed by atoms with Crippen LogP contribution < -0.4 is 0 Å². The molecule has 3 heterocycles. The van der Waals surface area contributed by atoms with E-state index < -0.39 is 29.1 Å². The topological polar surface area (TPSA) is 89.7 Å². The van der Waals surface area contributed by atoms with Crippen LogP contribution in [0.5, 0.6) is 0 Å². The van der Waals surface area contributed by atoms with E-state index in [1.807, 2.05) is 0 Å². The maximum atomic E-state index is 13.7. The van der Waals surface area contributed by atoms with Crippen LogP contribution in [0.25, 0.3) is 5.95 Å². The summed E-state index contributed by atoms with van der Waals surface area (Å²) in [4.78, 5) is 32.2. The summed E-state index contributed by atoms with van der Waals surface area (Å²) in [5, 5.41) is 4.18. The Hall–Kier alpha value is -3.81. The van der Waals surface area contributed by atoms with E-state index in [1.54, 1.807) is 25.4 Å². The molecular formula is C24H22F3N7O. The first-order valence-corrected chi connectivity index (χ1v) is 11.3. The zero-order valence-corrected chi connectivity index (χ0v) is 18.9. The van der Waals surface area contributed by atoms with Crippen LogP contribution in [0.15, 0.2) is 36.9 Å². The Morgan fingerprint density at radius 1 is 1.26 bits per heavy atom. The van der Waals surface area contributed by atoms with Crippen LogP contribution in [-0.4, -0.2) is 47.1 Å². The molecule has 0 spiro atoms. The Morgan fingerprint density at radius 2 is 1.97 bits per heavy atom. The molecule has 5 rings (SSSR count). The van der Waals surface area contributed by atoms with Gasteiger partial charge in [-0.25, -0.2) is 19.9 Å². The number of halogens is 3. The Morgan fingerprint density at radius 3 is 2.57 bits per heavy atom. The summed E-state index contributed by atoms with van der Waals surface area (Å²) < 4.78 is 42.6. The minimum Gasteiger partial charge on any atom is -0.327 e. The van der Waals surface area contributed by atoms with Gasteiger partial charge in [-0.1, -0.05) is 5.92 Å². The van der Waals surface area contributed by atoms with Crippen LogP contribution in [0.2, 0.25) is 0 Å². The fraction of sp³-hybridized carbons (Fsp3) is 0.417. The van der Waals surface area contributed by atoms with Crippen LogP contribution in [0.3, 0.4) is 0 Å². The predicted octanol–water partition coefficient (Wildman–Crippen LogP) is 3.75. The predicted molar refractivity (Wildman–Crippen MR) is 118 cm³/mol. The summed E-state index contributed by atoms with van der Waals surface area (Å²) in [5.74, 6) is 2.87. The lowest BCUT2D eigenvalue weighted by Crippen LogP contribution is -2.37. The third-order valence-electron chi connectivity index (χ3n) is 6.46. The standard InChI is InChI=1S/C24H22F3N7O/c1-3-23(7-8-23)19-12-17(24(25,26)27)11-18(32-19)21(35)33(13-16-5-6-16)15(2)20-30-14-31-34(20)22-28-9-4-10-29-22/h1,4,9-12,14-16H,5-8,13H2,2H3. The lowest BCUT2D eigenvalue weighted by molar-refractivity contribution is -0.137. The molecule has 2 fully saturated rings. The van der Waals surface area contributed by atoms with Gasteiger partial charge in [-0.2, -0.15) is 23.0 Å². The molecule has 1 unspecified atom stereocenters. The highest BCUT2D eigenvalue weighted by molar-refractivity contribution is 5.93. The normalized spacial score (nSPS) is 17.5. The monoisotopic (exact) mass is 481 g/mol. The van der Waals surface area contributed by atoms with E-state index in [0.717, 1.165) is 25.0 Å². The molecule has 11 heteroatoms. The summed E-state index contributed by atoms with van der Waals surface area (Å²) >= 11 is 0. The number of nitrogens with zero attached hydrogens (tertiary/aromatic N) is 7. The van der Waals surface area contributed by atoms with Crippen LogP contribution in [-0.2, 0) is 11.6 Å². The van der Waals surface area contributed by atoms with Crippen molar-refractivity contribution in [1.82, 2.24) is 34.6 Å². The molecule has 8 nitrogen and oxygen atoms in total. The molecule has 0 aromatic carbocycles. The van der Waals surface area contributed by atoms with Gasteiger partial charge in [0, 0.05) is 18.9 Å². The third-order valence-corrected chi connectivity index (χ3v) is 6.46. The summed E-state index contributed by atoms with van der Waals surface area (Å²) in [6, 6.07) is 2.79. The lowest BCUT2D eigenvalue weighted by Gasteiger charge is -2.29. The fourth-order valence-electron chi connectivity index (χ4n) is 4.02. The van der Waals surface area contributed by atoms with Gasteiger partial charge in [0.1, 0.15) is 12.0 Å². The molecule has 2 aliphatic carbocycles. The van der Waals surface area contributed by atoms with E-state index >= 15 is 0 Å². The van der Waals surface area contributed by atoms with Crippen LogP contribution in [0.1, 0.15) is 66.2 Å². The van der Waals surface area contributed by atoms with Gasteiger partial charge in [0.2, 0.25) is 0 Å². The quantitative estimate of drug-likeness (QED) is 0.478. The minimum absolute atomic E-state index is 0.109. The van der Waals surface area contributed by atoms with Gasteiger partial charge in [-0.15, -0.1) is 6.42 Å². The Balaban J connectivity index is 1.54. The van der Waals surface area contributed by atoms with Gasteiger partial charge in [-0.3, -0.25) is 4.79 Å². The second-order valence-corrected chi connectivity index (χ2v) is 9.01. The highest BCUT2D eigenvalue weighted by Crippen LogP contribution is 2.48. The van der Waals surface area contributed by atoms with E-state index in [9.17, 15) is 18.0 Å². The molecule has 0 saturated heterocycles. The Kier molecular flexibility index (Phi) is 5.54. The molecule has 3 aromatic heterocycles. The zero-order chi connectivity index (χ0) is 24.8. The van der Waals surface area contributed by atoms with Crippen molar-refractivity contribution < 1.29 is 18.0 Å². The molecule has 0 bridgehead atoms. The number of alkyl halides is 3. The van der Waals surface area contributed by atoms with Gasteiger partial charge >= 0.3 is 6.18 Å². The Labute approximate surface area is 199 Å². The van der Waals surface area contributed by atoms with Crippen molar-refractivity contribution in [3.05, 3.63) is 59.7 Å². The third kappa shape index (κ3) is 4.48. The van der Waals surface area contributed by atoms with E-state index in [4.69, 9.17) is 6.42 Å². The van der Waals surface area contributed by atoms with E-state index in [-0.39, 0.29) is 23.3 Å². The molecule has 2 saturated carbocycles.